The molecule has 7 nitrogen and oxygen atoms in total. The van der Waals surface area contributed by atoms with Gasteiger partial charge in [0.05, 0.1) is 4.92 Å². The van der Waals surface area contributed by atoms with Crippen LogP contribution in [0.2, 0.25) is 5.15 Å². The first-order chi connectivity index (χ1) is 10.2. The van der Waals surface area contributed by atoms with Gasteiger partial charge in [-0.15, -0.1) is 0 Å². The molecule has 0 spiro atoms. The van der Waals surface area contributed by atoms with Gasteiger partial charge in [0.15, 0.2) is 0 Å². The van der Waals surface area contributed by atoms with Crippen LogP contribution in [-0.2, 0) is 0 Å². The molecule has 1 atom stereocenters. The molecule has 0 aliphatic carbocycles. The van der Waals surface area contributed by atoms with Gasteiger partial charge in [-0.25, -0.2) is 9.97 Å². The second-order valence-corrected chi connectivity index (χ2v) is 5.94. The lowest BCUT2D eigenvalue weighted by Crippen LogP contribution is -2.41. The summed E-state index contributed by atoms with van der Waals surface area (Å²) in [6.45, 7) is 3.81. The summed E-state index contributed by atoms with van der Waals surface area (Å²) in [7, 11) is 0. The fourth-order valence-electron chi connectivity index (χ4n) is 3.25. The van der Waals surface area contributed by atoms with E-state index >= 15 is 0 Å². The van der Waals surface area contributed by atoms with Crippen molar-refractivity contribution in [2.75, 3.05) is 31.1 Å². The van der Waals surface area contributed by atoms with E-state index in [1.54, 1.807) is 0 Å². The number of hydrogen-bond donors (Lipinski definition) is 0. The second kappa shape index (κ2) is 6.11. The lowest BCUT2D eigenvalue weighted by atomic mass is 10.1. The summed E-state index contributed by atoms with van der Waals surface area (Å²) in [5.74, 6) is 0.347. The van der Waals surface area contributed by atoms with Crippen molar-refractivity contribution in [1.82, 2.24) is 14.9 Å². The van der Waals surface area contributed by atoms with Crippen LogP contribution in [0.1, 0.15) is 25.7 Å². The molecule has 114 valence electrons. The van der Waals surface area contributed by atoms with E-state index in [9.17, 15) is 10.1 Å². The number of rotatable bonds is 3. The SMILES string of the molecule is O=[N+]([O-])c1c(Cl)ncnc1N1CCC(N2CCCCC2)C1. The average molecular weight is 312 g/mol. The Hall–Kier alpha value is -1.47. The number of aromatic nitrogens is 2. The van der Waals surface area contributed by atoms with Crippen LogP contribution in [0.25, 0.3) is 0 Å². The molecule has 0 saturated carbocycles. The van der Waals surface area contributed by atoms with Crippen molar-refractivity contribution in [3.8, 4) is 0 Å². The first-order valence-electron chi connectivity index (χ1n) is 7.30. The van der Waals surface area contributed by atoms with Crippen molar-refractivity contribution in [1.29, 1.82) is 0 Å². The number of piperidine rings is 1. The summed E-state index contributed by atoms with van der Waals surface area (Å²) in [4.78, 5) is 23.0. The average Bonchev–Trinajstić information content (AvgIpc) is 2.97. The quantitative estimate of drug-likeness (QED) is 0.483. The zero-order chi connectivity index (χ0) is 14.8. The molecular weight excluding hydrogens is 294 g/mol. The van der Waals surface area contributed by atoms with E-state index in [4.69, 9.17) is 11.6 Å². The maximum Gasteiger partial charge on any atom is 0.348 e. The molecule has 1 aromatic rings. The first-order valence-corrected chi connectivity index (χ1v) is 7.68. The molecule has 0 amide bonds. The highest BCUT2D eigenvalue weighted by atomic mass is 35.5. The first kappa shape index (κ1) is 14.5. The Morgan fingerprint density at radius 1 is 1.24 bits per heavy atom. The summed E-state index contributed by atoms with van der Waals surface area (Å²) >= 11 is 5.86. The molecule has 3 rings (SSSR count). The minimum Gasteiger partial charge on any atom is -0.349 e. The Kier molecular flexibility index (Phi) is 4.21. The Bertz CT molecular complexity index is 535. The zero-order valence-electron chi connectivity index (χ0n) is 11.7. The maximum absolute atomic E-state index is 11.2. The summed E-state index contributed by atoms with van der Waals surface area (Å²) in [6.07, 6.45) is 6.10. The van der Waals surface area contributed by atoms with Crippen molar-refractivity contribution >= 4 is 23.1 Å². The van der Waals surface area contributed by atoms with Gasteiger partial charge in [0, 0.05) is 19.1 Å². The minimum absolute atomic E-state index is 0.0913. The van der Waals surface area contributed by atoms with Crippen LogP contribution in [0.15, 0.2) is 6.33 Å². The van der Waals surface area contributed by atoms with E-state index < -0.39 is 4.92 Å². The van der Waals surface area contributed by atoms with Crippen LogP contribution >= 0.6 is 11.6 Å². The highest BCUT2D eigenvalue weighted by molar-refractivity contribution is 6.31. The molecule has 2 saturated heterocycles. The lowest BCUT2D eigenvalue weighted by Gasteiger charge is -2.32. The van der Waals surface area contributed by atoms with Gasteiger partial charge in [0.25, 0.3) is 0 Å². The largest absolute Gasteiger partial charge is 0.349 e. The van der Waals surface area contributed by atoms with Gasteiger partial charge >= 0.3 is 5.69 Å². The highest BCUT2D eigenvalue weighted by Gasteiger charge is 2.33. The molecular formula is C13H18ClN5O2. The van der Waals surface area contributed by atoms with E-state index in [0.29, 0.717) is 11.9 Å². The predicted molar refractivity (Wildman–Crippen MR) is 79.7 cm³/mol. The second-order valence-electron chi connectivity index (χ2n) is 5.58. The van der Waals surface area contributed by atoms with Crippen molar-refractivity contribution in [3.05, 3.63) is 21.6 Å². The Morgan fingerprint density at radius 3 is 2.71 bits per heavy atom. The van der Waals surface area contributed by atoms with E-state index in [2.05, 4.69) is 14.9 Å². The standard InChI is InChI=1S/C13H18ClN5O2/c14-12-11(19(20)21)13(16-9-15-12)18-7-4-10(8-18)17-5-2-1-3-6-17/h9-10H,1-8H2. The molecule has 3 heterocycles. The summed E-state index contributed by atoms with van der Waals surface area (Å²) in [5.41, 5.74) is -0.182. The van der Waals surface area contributed by atoms with Gasteiger partial charge in [-0.2, -0.15) is 0 Å². The Labute approximate surface area is 128 Å². The van der Waals surface area contributed by atoms with Gasteiger partial charge in [0.1, 0.15) is 6.33 Å². The van der Waals surface area contributed by atoms with Crippen molar-refractivity contribution < 1.29 is 4.92 Å². The molecule has 21 heavy (non-hydrogen) atoms. The molecule has 0 aromatic carbocycles. The number of hydrogen-bond acceptors (Lipinski definition) is 6. The number of halogens is 1. The minimum atomic E-state index is -0.494. The third-order valence-electron chi connectivity index (χ3n) is 4.31. The van der Waals surface area contributed by atoms with E-state index in [-0.39, 0.29) is 10.8 Å². The fraction of sp³-hybridized carbons (Fsp3) is 0.692. The van der Waals surface area contributed by atoms with Crippen LogP contribution in [0, 0.1) is 10.1 Å². The van der Waals surface area contributed by atoms with Crippen LogP contribution in [0.5, 0.6) is 0 Å². The van der Waals surface area contributed by atoms with Gasteiger partial charge in [0.2, 0.25) is 11.0 Å². The van der Waals surface area contributed by atoms with Crippen LogP contribution < -0.4 is 4.90 Å². The fourth-order valence-corrected chi connectivity index (χ4v) is 3.45. The number of nitro groups is 1. The van der Waals surface area contributed by atoms with Crippen molar-refractivity contribution in [2.45, 2.75) is 31.7 Å². The summed E-state index contributed by atoms with van der Waals surface area (Å²) < 4.78 is 0. The van der Waals surface area contributed by atoms with Crippen LogP contribution in [0.3, 0.4) is 0 Å². The van der Waals surface area contributed by atoms with Crippen molar-refractivity contribution in [2.24, 2.45) is 0 Å². The molecule has 0 radical (unpaired) electrons. The molecule has 1 unspecified atom stereocenters. The Balaban J connectivity index is 1.77. The van der Waals surface area contributed by atoms with Crippen molar-refractivity contribution in [3.63, 3.8) is 0 Å². The van der Waals surface area contributed by atoms with Gasteiger partial charge in [-0.1, -0.05) is 18.0 Å². The number of likely N-dealkylation sites (tertiary alicyclic amines) is 1. The lowest BCUT2D eigenvalue weighted by molar-refractivity contribution is -0.384. The molecule has 0 N–H and O–H groups in total. The van der Waals surface area contributed by atoms with E-state index in [1.165, 1.54) is 25.6 Å². The third kappa shape index (κ3) is 2.94. The highest BCUT2D eigenvalue weighted by Crippen LogP contribution is 2.34. The van der Waals surface area contributed by atoms with Crippen LogP contribution in [0.4, 0.5) is 11.5 Å². The van der Waals surface area contributed by atoms with Crippen LogP contribution in [-0.4, -0.2) is 52.0 Å². The maximum atomic E-state index is 11.2. The zero-order valence-corrected chi connectivity index (χ0v) is 12.5. The van der Waals surface area contributed by atoms with Gasteiger partial charge in [-0.05, 0) is 32.4 Å². The predicted octanol–water partition coefficient (Wildman–Crippen LogP) is 2.10. The van der Waals surface area contributed by atoms with Gasteiger partial charge < -0.3 is 4.90 Å². The molecule has 2 aliphatic rings. The third-order valence-corrected chi connectivity index (χ3v) is 4.59. The molecule has 8 heteroatoms. The van der Waals surface area contributed by atoms with Gasteiger partial charge in [-0.3, -0.25) is 15.0 Å². The Morgan fingerprint density at radius 2 is 2.00 bits per heavy atom. The van der Waals surface area contributed by atoms with E-state index in [1.807, 2.05) is 4.90 Å². The topological polar surface area (TPSA) is 75.4 Å². The van der Waals surface area contributed by atoms with E-state index in [0.717, 1.165) is 32.6 Å². The molecule has 0 bridgehead atoms. The number of nitrogens with zero attached hydrogens (tertiary/aromatic N) is 5. The molecule has 1 aromatic heterocycles. The molecule has 2 fully saturated rings. The normalized spacial score (nSPS) is 23.5. The number of anilines is 1. The molecule has 2 aliphatic heterocycles. The monoisotopic (exact) mass is 311 g/mol. The smallest absolute Gasteiger partial charge is 0.348 e. The summed E-state index contributed by atoms with van der Waals surface area (Å²) in [6, 6.07) is 0.457. The summed E-state index contributed by atoms with van der Waals surface area (Å²) in [5, 5.41) is 11.1.